The van der Waals surface area contributed by atoms with Gasteiger partial charge in [-0.15, -0.1) is 0 Å². The van der Waals surface area contributed by atoms with Crippen molar-refractivity contribution in [2.45, 2.75) is 25.8 Å². The lowest BCUT2D eigenvalue weighted by atomic mass is 10.1. The molecule has 0 saturated carbocycles. The predicted molar refractivity (Wildman–Crippen MR) is 70.9 cm³/mol. The van der Waals surface area contributed by atoms with Crippen LogP contribution in [-0.4, -0.2) is 26.0 Å². The second-order valence-corrected chi connectivity index (χ2v) is 6.90. The molecule has 1 fully saturated rings. The number of rotatable bonds is 2. The molecule has 1 unspecified atom stereocenters. The zero-order valence-electron chi connectivity index (χ0n) is 9.94. The molecule has 0 aromatic heterocycles. The summed E-state index contributed by atoms with van der Waals surface area (Å²) in [5.41, 5.74) is 8.44. The van der Waals surface area contributed by atoms with Crippen molar-refractivity contribution < 1.29 is 8.42 Å². The minimum atomic E-state index is -2.87. The van der Waals surface area contributed by atoms with E-state index in [1.54, 1.807) is 0 Å². The van der Waals surface area contributed by atoms with Crippen molar-refractivity contribution in [2.24, 2.45) is 0 Å². The van der Waals surface area contributed by atoms with Gasteiger partial charge in [0, 0.05) is 17.4 Å². The summed E-state index contributed by atoms with van der Waals surface area (Å²) in [5.74, 6) is 0.544. The number of hydrogen-bond donors (Lipinski definition) is 2. The lowest BCUT2D eigenvalue weighted by Crippen LogP contribution is -2.35. The van der Waals surface area contributed by atoms with Gasteiger partial charge in [0.05, 0.1) is 11.5 Å². The highest BCUT2D eigenvalue weighted by Crippen LogP contribution is 2.22. The predicted octanol–water partition coefficient (Wildman–Crippen LogP) is 1.57. The van der Waals surface area contributed by atoms with Crippen molar-refractivity contribution in [3.63, 3.8) is 0 Å². The Morgan fingerprint density at radius 2 is 2.18 bits per heavy atom. The fourth-order valence-electron chi connectivity index (χ4n) is 2.15. The number of nitrogens with two attached hydrogens (primary N) is 1. The lowest BCUT2D eigenvalue weighted by molar-refractivity contribution is 0.562. The van der Waals surface area contributed by atoms with Crippen LogP contribution in [-0.2, 0) is 9.84 Å². The first-order chi connectivity index (χ1) is 7.96. The molecule has 2 rings (SSSR count). The number of nitrogens with one attached hydrogen (secondary N) is 1. The van der Waals surface area contributed by atoms with Crippen molar-refractivity contribution in [1.82, 2.24) is 0 Å². The Morgan fingerprint density at radius 1 is 1.41 bits per heavy atom. The van der Waals surface area contributed by atoms with Crippen LogP contribution in [0.5, 0.6) is 0 Å². The molecular formula is C12H18N2O2S. The van der Waals surface area contributed by atoms with E-state index in [4.69, 9.17) is 5.73 Å². The summed E-state index contributed by atoms with van der Waals surface area (Å²) in [4.78, 5) is 0. The topological polar surface area (TPSA) is 72.2 Å². The molecule has 1 saturated heterocycles. The van der Waals surface area contributed by atoms with Crippen LogP contribution >= 0.6 is 0 Å². The van der Waals surface area contributed by atoms with E-state index in [9.17, 15) is 8.42 Å². The van der Waals surface area contributed by atoms with Gasteiger partial charge in [-0.3, -0.25) is 0 Å². The first-order valence-corrected chi connectivity index (χ1v) is 7.61. The van der Waals surface area contributed by atoms with E-state index in [0.717, 1.165) is 24.1 Å². The van der Waals surface area contributed by atoms with Gasteiger partial charge >= 0.3 is 0 Å². The van der Waals surface area contributed by atoms with Gasteiger partial charge in [-0.1, -0.05) is 6.07 Å². The standard InChI is InChI=1S/C12H18N2O2S/c1-9-4-5-10(13)7-12(9)14-11-3-2-6-17(15,16)8-11/h4-5,7,11,14H,2-3,6,8,13H2,1H3. The van der Waals surface area contributed by atoms with E-state index in [2.05, 4.69) is 5.32 Å². The van der Waals surface area contributed by atoms with E-state index in [-0.39, 0.29) is 11.8 Å². The summed E-state index contributed by atoms with van der Waals surface area (Å²) in [6, 6.07) is 5.65. The molecule has 1 aromatic carbocycles. The number of aryl methyl sites for hydroxylation is 1. The smallest absolute Gasteiger partial charge is 0.152 e. The van der Waals surface area contributed by atoms with Crippen LogP contribution in [0.3, 0.4) is 0 Å². The number of benzene rings is 1. The zero-order chi connectivity index (χ0) is 12.5. The number of anilines is 2. The molecule has 1 aromatic rings. The van der Waals surface area contributed by atoms with Gasteiger partial charge in [0.15, 0.2) is 9.84 Å². The second-order valence-electron chi connectivity index (χ2n) is 4.67. The maximum Gasteiger partial charge on any atom is 0.152 e. The molecule has 17 heavy (non-hydrogen) atoms. The summed E-state index contributed by atoms with van der Waals surface area (Å²) in [7, 11) is -2.87. The average Bonchev–Trinajstić information content (AvgIpc) is 2.22. The van der Waals surface area contributed by atoms with Gasteiger partial charge in [-0.25, -0.2) is 8.42 Å². The summed E-state index contributed by atoms with van der Waals surface area (Å²) in [6.07, 6.45) is 1.63. The second kappa shape index (κ2) is 4.56. The molecule has 94 valence electrons. The summed E-state index contributed by atoms with van der Waals surface area (Å²) in [6.45, 7) is 1.99. The van der Waals surface area contributed by atoms with E-state index in [1.165, 1.54) is 0 Å². The van der Waals surface area contributed by atoms with Crippen molar-refractivity contribution in [1.29, 1.82) is 0 Å². The molecule has 1 heterocycles. The summed E-state index contributed by atoms with van der Waals surface area (Å²) in [5, 5.41) is 3.29. The molecule has 5 heteroatoms. The molecule has 0 bridgehead atoms. The molecule has 0 spiro atoms. The minimum Gasteiger partial charge on any atom is -0.399 e. The van der Waals surface area contributed by atoms with Crippen LogP contribution in [0.25, 0.3) is 0 Å². The van der Waals surface area contributed by atoms with Crippen LogP contribution in [0.15, 0.2) is 18.2 Å². The fraction of sp³-hybridized carbons (Fsp3) is 0.500. The molecule has 4 nitrogen and oxygen atoms in total. The Kier molecular flexibility index (Phi) is 3.28. The first-order valence-electron chi connectivity index (χ1n) is 5.79. The van der Waals surface area contributed by atoms with Crippen LogP contribution in [0.2, 0.25) is 0 Å². The van der Waals surface area contributed by atoms with Gasteiger partial charge < -0.3 is 11.1 Å². The van der Waals surface area contributed by atoms with Crippen LogP contribution in [0.1, 0.15) is 18.4 Å². The van der Waals surface area contributed by atoms with Crippen molar-refractivity contribution >= 4 is 21.2 Å². The third kappa shape index (κ3) is 3.12. The SMILES string of the molecule is Cc1ccc(N)cc1NC1CCCS(=O)(=O)C1. The van der Waals surface area contributed by atoms with E-state index >= 15 is 0 Å². The average molecular weight is 254 g/mol. The van der Waals surface area contributed by atoms with Crippen LogP contribution in [0, 0.1) is 6.92 Å². The molecular weight excluding hydrogens is 236 g/mol. The third-order valence-corrected chi connectivity index (χ3v) is 4.91. The van der Waals surface area contributed by atoms with Gasteiger partial charge in [0.25, 0.3) is 0 Å². The number of sulfone groups is 1. The molecule has 0 radical (unpaired) electrons. The van der Waals surface area contributed by atoms with Crippen molar-refractivity contribution in [3.8, 4) is 0 Å². The number of hydrogen-bond acceptors (Lipinski definition) is 4. The largest absolute Gasteiger partial charge is 0.399 e. The van der Waals surface area contributed by atoms with Gasteiger partial charge in [-0.05, 0) is 37.5 Å². The zero-order valence-corrected chi connectivity index (χ0v) is 10.8. The molecule has 1 aliphatic heterocycles. The van der Waals surface area contributed by atoms with Gasteiger partial charge in [0.1, 0.15) is 0 Å². The van der Waals surface area contributed by atoms with Crippen molar-refractivity contribution in [2.75, 3.05) is 22.6 Å². The third-order valence-electron chi connectivity index (χ3n) is 3.08. The number of nitrogen functional groups attached to an aromatic ring is 1. The monoisotopic (exact) mass is 254 g/mol. The minimum absolute atomic E-state index is 0.00856. The van der Waals surface area contributed by atoms with Crippen LogP contribution in [0.4, 0.5) is 11.4 Å². The fourth-order valence-corrected chi connectivity index (χ4v) is 3.79. The van der Waals surface area contributed by atoms with Crippen LogP contribution < -0.4 is 11.1 Å². The maximum atomic E-state index is 11.5. The lowest BCUT2D eigenvalue weighted by Gasteiger charge is -2.25. The first kappa shape index (κ1) is 12.2. The molecule has 1 aliphatic rings. The van der Waals surface area contributed by atoms with E-state index in [0.29, 0.717) is 11.4 Å². The molecule has 0 aliphatic carbocycles. The van der Waals surface area contributed by atoms with Gasteiger partial charge in [0.2, 0.25) is 0 Å². The molecule has 3 N–H and O–H groups in total. The normalized spacial score (nSPS) is 23.2. The highest BCUT2D eigenvalue weighted by atomic mass is 32.2. The Morgan fingerprint density at radius 3 is 2.88 bits per heavy atom. The maximum absolute atomic E-state index is 11.5. The molecule has 1 atom stereocenters. The Bertz CT molecular complexity index is 511. The quantitative estimate of drug-likeness (QED) is 0.786. The Hall–Kier alpha value is -1.23. The van der Waals surface area contributed by atoms with Gasteiger partial charge in [-0.2, -0.15) is 0 Å². The highest BCUT2D eigenvalue weighted by molar-refractivity contribution is 7.91. The Balaban J connectivity index is 2.13. The Labute approximate surface area is 102 Å². The highest BCUT2D eigenvalue weighted by Gasteiger charge is 2.24. The van der Waals surface area contributed by atoms with E-state index < -0.39 is 9.84 Å². The van der Waals surface area contributed by atoms with Crippen molar-refractivity contribution in [3.05, 3.63) is 23.8 Å². The summed E-state index contributed by atoms with van der Waals surface area (Å²) < 4.78 is 23.1. The molecule has 0 amide bonds. The summed E-state index contributed by atoms with van der Waals surface area (Å²) >= 11 is 0. The van der Waals surface area contributed by atoms with E-state index in [1.807, 2.05) is 25.1 Å².